The first kappa shape index (κ1) is 15.5. The average Bonchev–Trinajstić information content (AvgIpc) is 3.22. The number of aromatic nitrogens is 1. The second kappa shape index (κ2) is 6.80. The molecule has 0 atom stereocenters. The van der Waals surface area contributed by atoms with Gasteiger partial charge < -0.3 is 4.74 Å². The van der Waals surface area contributed by atoms with Gasteiger partial charge in [-0.05, 0) is 23.6 Å². The summed E-state index contributed by atoms with van der Waals surface area (Å²) in [7, 11) is 0. The van der Waals surface area contributed by atoms with E-state index in [2.05, 4.69) is 4.98 Å². The lowest BCUT2D eigenvalue weighted by atomic mass is 10.1. The molecule has 0 radical (unpaired) electrons. The lowest BCUT2D eigenvalue weighted by molar-refractivity contribution is 0.0470. The smallest absolute Gasteiger partial charge is 0.358 e. The van der Waals surface area contributed by atoms with Crippen LogP contribution < -0.4 is 0 Å². The molecule has 3 rings (SSSR count). The largest absolute Gasteiger partial charge is 0.453 e. The standard InChI is InChI=1S/C16H10FNO3S2/c17-12-3-1-2-10(6-12)14(19)7-21-16(20)13-9-23-15(18-13)11-4-5-22-8-11/h1-6,8-9H,7H2. The minimum absolute atomic E-state index is 0.156. The molecule has 0 bridgehead atoms. The fourth-order valence-corrected chi connectivity index (χ4v) is 3.34. The molecule has 2 heterocycles. The maximum Gasteiger partial charge on any atom is 0.358 e. The Morgan fingerprint density at radius 3 is 2.83 bits per heavy atom. The molecule has 0 amide bonds. The molecule has 0 fully saturated rings. The van der Waals surface area contributed by atoms with Crippen LogP contribution in [0.3, 0.4) is 0 Å². The number of esters is 1. The van der Waals surface area contributed by atoms with E-state index in [4.69, 9.17) is 4.74 Å². The first-order valence-corrected chi connectivity index (χ1v) is 8.40. The zero-order valence-corrected chi connectivity index (χ0v) is 13.3. The highest BCUT2D eigenvalue weighted by Gasteiger charge is 2.16. The molecule has 0 saturated carbocycles. The Morgan fingerprint density at radius 2 is 2.09 bits per heavy atom. The van der Waals surface area contributed by atoms with Crippen LogP contribution in [0.1, 0.15) is 20.8 Å². The molecule has 0 spiro atoms. The van der Waals surface area contributed by atoms with Crippen LogP contribution in [0.25, 0.3) is 10.6 Å². The van der Waals surface area contributed by atoms with E-state index in [1.807, 2.05) is 16.8 Å². The minimum Gasteiger partial charge on any atom is -0.453 e. The van der Waals surface area contributed by atoms with Crippen LogP contribution in [0.4, 0.5) is 4.39 Å². The number of carbonyl (C=O) groups excluding carboxylic acids is 2. The molecule has 2 aromatic heterocycles. The summed E-state index contributed by atoms with van der Waals surface area (Å²) in [5.74, 6) is -1.65. The van der Waals surface area contributed by atoms with Gasteiger partial charge in [-0.3, -0.25) is 4.79 Å². The van der Waals surface area contributed by atoms with Crippen molar-refractivity contribution in [2.24, 2.45) is 0 Å². The Balaban J connectivity index is 1.62. The van der Waals surface area contributed by atoms with Gasteiger partial charge in [-0.2, -0.15) is 11.3 Å². The van der Waals surface area contributed by atoms with Gasteiger partial charge in [0.25, 0.3) is 0 Å². The lowest BCUT2D eigenvalue weighted by Crippen LogP contribution is -2.14. The lowest BCUT2D eigenvalue weighted by Gasteiger charge is -2.02. The predicted octanol–water partition coefficient (Wildman–Crippen LogP) is 4.05. The molecule has 0 aliphatic carbocycles. The maximum atomic E-state index is 13.1. The third kappa shape index (κ3) is 3.69. The van der Waals surface area contributed by atoms with Crippen molar-refractivity contribution in [1.29, 1.82) is 0 Å². The second-order valence-electron chi connectivity index (χ2n) is 4.56. The number of hydrogen-bond donors (Lipinski definition) is 0. The highest BCUT2D eigenvalue weighted by molar-refractivity contribution is 7.14. The van der Waals surface area contributed by atoms with E-state index in [-0.39, 0.29) is 11.3 Å². The fourth-order valence-electron chi connectivity index (χ4n) is 1.84. The van der Waals surface area contributed by atoms with Crippen LogP contribution in [0.5, 0.6) is 0 Å². The molecule has 0 unspecified atom stereocenters. The van der Waals surface area contributed by atoms with Gasteiger partial charge >= 0.3 is 5.97 Å². The van der Waals surface area contributed by atoms with E-state index < -0.39 is 24.2 Å². The molecular weight excluding hydrogens is 337 g/mol. The number of thiazole rings is 1. The van der Waals surface area contributed by atoms with E-state index in [1.54, 1.807) is 16.7 Å². The number of ketones is 1. The van der Waals surface area contributed by atoms with Crippen LogP contribution >= 0.6 is 22.7 Å². The first-order valence-electron chi connectivity index (χ1n) is 6.57. The summed E-state index contributed by atoms with van der Waals surface area (Å²) < 4.78 is 18.0. The second-order valence-corrected chi connectivity index (χ2v) is 6.20. The van der Waals surface area contributed by atoms with Gasteiger partial charge in [-0.15, -0.1) is 11.3 Å². The van der Waals surface area contributed by atoms with Crippen LogP contribution in [-0.4, -0.2) is 23.3 Å². The van der Waals surface area contributed by atoms with Crippen molar-refractivity contribution in [3.8, 4) is 10.6 Å². The van der Waals surface area contributed by atoms with Crippen molar-refractivity contribution < 1.29 is 18.7 Å². The summed E-state index contributed by atoms with van der Waals surface area (Å²) in [5.41, 5.74) is 1.26. The summed E-state index contributed by atoms with van der Waals surface area (Å²) in [6, 6.07) is 7.15. The van der Waals surface area contributed by atoms with Crippen molar-refractivity contribution in [1.82, 2.24) is 4.98 Å². The van der Waals surface area contributed by atoms with Gasteiger partial charge in [0.2, 0.25) is 0 Å². The maximum absolute atomic E-state index is 13.1. The number of halogens is 1. The van der Waals surface area contributed by atoms with E-state index in [0.717, 1.165) is 16.6 Å². The predicted molar refractivity (Wildman–Crippen MR) is 86.4 cm³/mol. The summed E-state index contributed by atoms with van der Waals surface area (Å²) in [4.78, 5) is 28.0. The van der Waals surface area contributed by atoms with E-state index >= 15 is 0 Å². The molecule has 23 heavy (non-hydrogen) atoms. The highest BCUT2D eigenvalue weighted by Crippen LogP contribution is 2.25. The number of carbonyl (C=O) groups is 2. The third-order valence-electron chi connectivity index (χ3n) is 2.96. The summed E-state index contributed by atoms with van der Waals surface area (Å²) >= 11 is 2.87. The molecule has 3 aromatic rings. The van der Waals surface area contributed by atoms with Gasteiger partial charge in [0.05, 0.1) is 0 Å². The number of Topliss-reactive ketones (excluding diaryl/α,β-unsaturated/α-hetero) is 1. The number of benzene rings is 1. The SMILES string of the molecule is O=C(COC(=O)c1csc(-c2ccsc2)n1)c1cccc(F)c1. The molecule has 0 saturated heterocycles. The van der Waals surface area contributed by atoms with Crippen LogP contribution in [0, 0.1) is 5.82 Å². The van der Waals surface area contributed by atoms with E-state index in [1.165, 1.54) is 29.5 Å². The molecule has 0 aliphatic rings. The molecule has 116 valence electrons. The highest BCUT2D eigenvalue weighted by atomic mass is 32.1. The van der Waals surface area contributed by atoms with Crippen molar-refractivity contribution >= 4 is 34.4 Å². The van der Waals surface area contributed by atoms with Gasteiger partial charge in [-0.1, -0.05) is 12.1 Å². The monoisotopic (exact) mass is 347 g/mol. The van der Waals surface area contributed by atoms with Crippen LogP contribution in [0.15, 0.2) is 46.5 Å². The summed E-state index contributed by atoms with van der Waals surface area (Å²) in [5, 5.41) is 6.16. The Bertz CT molecular complexity index is 843. The molecule has 4 nitrogen and oxygen atoms in total. The zero-order valence-electron chi connectivity index (χ0n) is 11.7. The Morgan fingerprint density at radius 1 is 1.22 bits per heavy atom. The Labute approximate surface area is 139 Å². The summed E-state index contributed by atoms with van der Waals surface area (Å²) in [6.45, 7) is -0.451. The molecule has 7 heteroatoms. The van der Waals surface area contributed by atoms with Gasteiger partial charge in [0.1, 0.15) is 10.8 Å². The first-order chi connectivity index (χ1) is 11.1. The Kier molecular flexibility index (Phi) is 4.59. The number of thiophene rings is 1. The quantitative estimate of drug-likeness (QED) is 0.516. The van der Waals surface area contributed by atoms with Crippen LogP contribution in [0.2, 0.25) is 0 Å². The van der Waals surface area contributed by atoms with Crippen molar-refractivity contribution in [2.75, 3.05) is 6.61 Å². The topological polar surface area (TPSA) is 56.3 Å². The van der Waals surface area contributed by atoms with Crippen molar-refractivity contribution in [3.63, 3.8) is 0 Å². The number of ether oxygens (including phenoxy) is 1. The fraction of sp³-hybridized carbons (Fsp3) is 0.0625. The van der Waals surface area contributed by atoms with Crippen molar-refractivity contribution in [3.05, 3.63) is 63.5 Å². The normalized spacial score (nSPS) is 10.5. The molecular formula is C16H10FNO3S2. The third-order valence-corrected chi connectivity index (χ3v) is 4.54. The minimum atomic E-state index is -0.674. The zero-order chi connectivity index (χ0) is 16.2. The van der Waals surface area contributed by atoms with Gasteiger partial charge in [-0.25, -0.2) is 14.2 Å². The average molecular weight is 347 g/mol. The van der Waals surface area contributed by atoms with E-state index in [9.17, 15) is 14.0 Å². The van der Waals surface area contributed by atoms with Crippen LogP contribution in [-0.2, 0) is 4.74 Å². The number of hydrogen-bond acceptors (Lipinski definition) is 6. The van der Waals surface area contributed by atoms with Gasteiger partial charge in [0, 0.05) is 21.9 Å². The number of nitrogens with zero attached hydrogens (tertiary/aromatic N) is 1. The number of rotatable bonds is 5. The van der Waals surface area contributed by atoms with E-state index in [0.29, 0.717) is 0 Å². The Hall–Kier alpha value is -2.38. The molecule has 0 aliphatic heterocycles. The van der Waals surface area contributed by atoms with Crippen molar-refractivity contribution in [2.45, 2.75) is 0 Å². The molecule has 1 aromatic carbocycles. The van der Waals surface area contributed by atoms with Gasteiger partial charge in [0.15, 0.2) is 18.1 Å². The molecule has 0 N–H and O–H groups in total. The summed E-state index contributed by atoms with van der Waals surface area (Å²) in [6.07, 6.45) is 0.